The summed E-state index contributed by atoms with van der Waals surface area (Å²) in [5.74, 6) is -0.976. The number of fused-ring (bicyclic) bond motifs is 1. The third-order valence-corrected chi connectivity index (χ3v) is 7.25. The van der Waals surface area contributed by atoms with E-state index in [0.717, 1.165) is 23.6 Å². The highest BCUT2D eigenvalue weighted by Crippen LogP contribution is 2.40. The second kappa shape index (κ2) is 12.3. The number of amides is 1. The van der Waals surface area contributed by atoms with Gasteiger partial charge in [-0.1, -0.05) is 37.4 Å². The molecule has 40 heavy (non-hydrogen) atoms. The first-order valence-corrected chi connectivity index (χ1v) is 13.4. The molecule has 0 unspecified atom stereocenters. The van der Waals surface area contributed by atoms with Crippen molar-refractivity contribution in [1.29, 1.82) is 0 Å². The van der Waals surface area contributed by atoms with Gasteiger partial charge in [-0.3, -0.25) is 9.59 Å². The maximum atomic E-state index is 15.1. The molecule has 0 saturated heterocycles. The fourth-order valence-electron chi connectivity index (χ4n) is 4.59. The Morgan fingerprint density at radius 1 is 1.25 bits per heavy atom. The van der Waals surface area contributed by atoms with Gasteiger partial charge in [-0.2, -0.15) is 0 Å². The molecule has 0 spiro atoms. The topological polar surface area (TPSA) is 110 Å². The molecule has 0 aliphatic carbocycles. The van der Waals surface area contributed by atoms with Crippen LogP contribution in [0.5, 0.6) is 11.5 Å². The molecular formula is C30H30FN3O5S. The van der Waals surface area contributed by atoms with E-state index in [1.54, 1.807) is 41.9 Å². The third-order valence-electron chi connectivity index (χ3n) is 6.56. The van der Waals surface area contributed by atoms with Gasteiger partial charge in [-0.15, -0.1) is 11.3 Å². The highest BCUT2D eigenvalue weighted by Gasteiger charge is 2.35. The highest BCUT2D eigenvalue weighted by molar-refractivity contribution is 7.13. The molecule has 0 radical (unpaired) electrons. The van der Waals surface area contributed by atoms with Gasteiger partial charge in [0.15, 0.2) is 16.6 Å². The standard InChI is InChI=1S/C30H30FN3O5S/c1-18(13-24(31)19(2)21-7-5-20(6-8-21)14-28(36)37)39-26-16-23-22(15-25(26)38-4)9-10-33-30(23,3)17-27(35)34-29-32-11-12-40-29/h5-8,11-13,15-16,33H,1-2,9-10,14,17H2,3-4H3,(H,36,37)(H,32,34,35)/b24-13+/t30-/m1/s1. The molecule has 208 valence electrons. The van der Waals surface area contributed by atoms with E-state index >= 15 is 4.39 Å². The van der Waals surface area contributed by atoms with Crippen LogP contribution in [0, 0.1) is 0 Å². The molecule has 0 saturated carbocycles. The Morgan fingerprint density at radius 3 is 2.65 bits per heavy atom. The predicted octanol–water partition coefficient (Wildman–Crippen LogP) is 5.63. The smallest absolute Gasteiger partial charge is 0.307 e. The quantitative estimate of drug-likeness (QED) is 0.205. The number of aliphatic carboxylic acids is 1. The van der Waals surface area contributed by atoms with Crippen LogP contribution >= 0.6 is 11.3 Å². The first-order valence-electron chi connectivity index (χ1n) is 12.5. The third kappa shape index (κ3) is 6.83. The maximum Gasteiger partial charge on any atom is 0.307 e. The molecule has 4 rings (SSSR count). The van der Waals surface area contributed by atoms with E-state index in [0.29, 0.717) is 34.3 Å². The number of hydrogen-bond donors (Lipinski definition) is 3. The summed E-state index contributed by atoms with van der Waals surface area (Å²) in [6.07, 6.45) is 3.53. The second-order valence-corrected chi connectivity index (χ2v) is 10.4. The monoisotopic (exact) mass is 563 g/mol. The Kier molecular flexibility index (Phi) is 8.81. The van der Waals surface area contributed by atoms with Crippen molar-refractivity contribution in [3.8, 4) is 11.5 Å². The lowest BCUT2D eigenvalue weighted by atomic mass is 9.81. The molecule has 2 aromatic carbocycles. The molecule has 8 nitrogen and oxygen atoms in total. The number of methoxy groups -OCH3 is 1. The van der Waals surface area contributed by atoms with Crippen LogP contribution in [-0.4, -0.2) is 35.6 Å². The summed E-state index contributed by atoms with van der Waals surface area (Å²) in [5, 5.41) is 17.5. The van der Waals surface area contributed by atoms with Crippen molar-refractivity contribution in [2.24, 2.45) is 0 Å². The molecule has 0 fully saturated rings. The Bertz CT molecular complexity index is 1470. The summed E-state index contributed by atoms with van der Waals surface area (Å²) >= 11 is 1.35. The van der Waals surface area contributed by atoms with Crippen molar-refractivity contribution >= 4 is 33.9 Å². The van der Waals surface area contributed by atoms with Gasteiger partial charge in [0.25, 0.3) is 0 Å². The van der Waals surface area contributed by atoms with Gasteiger partial charge >= 0.3 is 5.97 Å². The molecule has 1 amide bonds. The van der Waals surface area contributed by atoms with E-state index in [1.165, 1.54) is 18.4 Å². The molecule has 3 N–H and O–H groups in total. The van der Waals surface area contributed by atoms with Crippen molar-refractivity contribution in [2.45, 2.75) is 31.7 Å². The number of nitrogens with one attached hydrogen (secondary N) is 2. The number of aromatic nitrogens is 1. The fraction of sp³-hybridized carbons (Fsp3) is 0.233. The largest absolute Gasteiger partial charge is 0.493 e. The number of carbonyl (C=O) groups is 2. The first-order chi connectivity index (χ1) is 19.1. The Balaban J connectivity index is 1.52. The SMILES string of the molecule is C=C(/C=C(/F)C(=C)c1ccc(CC(=O)O)cc1)Oc1cc2c(cc1OC)CCN[C@]2(C)CC(=O)Nc1nccs1. The van der Waals surface area contributed by atoms with Crippen LogP contribution in [0.15, 0.2) is 78.8 Å². The highest BCUT2D eigenvalue weighted by atomic mass is 32.1. The Morgan fingerprint density at radius 2 is 2.00 bits per heavy atom. The Hall–Kier alpha value is -4.28. The number of carbonyl (C=O) groups excluding carboxylic acids is 1. The molecule has 1 aromatic heterocycles. The summed E-state index contributed by atoms with van der Waals surface area (Å²) in [7, 11) is 1.52. The zero-order chi connectivity index (χ0) is 28.9. The van der Waals surface area contributed by atoms with Gasteiger partial charge < -0.3 is 25.2 Å². The minimum Gasteiger partial charge on any atom is -0.493 e. The molecule has 1 aliphatic heterocycles. The van der Waals surface area contributed by atoms with Gasteiger partial charge in [0.05, 0.1) is 13.5 Å². The normalized spacial score (nSPS) is 16.5. The van der Waals surface area contributed by atoms with Gasteiger partial charge in [0.2, 0.25) is 5.91 Å². The molecule has 1 atom stereocenters. The number of nitrogens with zero attached hydrogens (tertiary/aromatic N) is 1. The van der Waals surface area contributed by atoms with Crippen LogP contribution in [0.4, 0.5) is 9.52 Å². The number of carboxylic acids is 1. The molecule has 1 aliphatic rings. The first kappa shape index (κ1) is 28.7. The summed E-state index contributed by atoms with van der Waals surface area (Å²) in [6, 6.07) is 10.1. The van der Waals surface area contributed by atoms with Gasteiger partial charge in [0.1, 0.15) is 11.6 Å². The number of carboxylic acid groups (broad SMARTS) is 1. The summed E-state index contributed by atoms with van der Waals surface area (Å²) < 4.78 is 26.5. The lowest BCUT2D eigenvalue weighted by Gasteiger charge is -2.37. The summed E-state index contributed by atoms with van der Waals surface area (Å²) in [4.78, 5) is 27.8. The van der Waals surface area contributed by atoms with Crippen LogP contribution in [0.25, 0.3) is 5.57 Å². The number of ether oxygens (including phenoxy) is 2. The van der Waals surface area contributed by atoms with Crippen molar-refractivity contribution in [2.75, 3.05) is 19.0 Å². The van der Waals surface area contributed by atoms with E-state index in [4.69, 9.17) is 14.6 Å². The van der Waals surface area contributed by atoms with Crippen molar-refractivity contribution in [3.05, 3.63) is 101 Å². The van der Waals surface area contributed by atoms with Crippen molar-refractivity contribution in [3.63, 3.8) is 0 Å². The van der Waals surface area contributed by atoms with E-state index in [-0.39, 0.29) is 30.1 Å². The molecule has 2 heterocycles. The number of hydrogen-bond acceptors (Lipinski definition) is 7. The number of halogens is 1. The van der Waals surface area contributed by atoms with E-state index < -0.39 is 17.3 Å². The second-order valence-electron chi connectivity index (χ2n) is 9.54. The van der Waals surface area contributed by atoms with Gasteiger partial charge in [-0.05, 0) is 47.7 Å². The summed E-state index contributed by atoms with van der Waals surface area (Å²) in [5.41, 5.74) is 2.39. The molecule has 3 aromatic rings. The van der Waals surface area contributed by atoms with Crippen LogP contribution < -0.4 is 20.1 Å². The Labute approximate surface area is 235 Å². The number of allylic oxidation sites excluding steroid dienone is 3. The van der Waals surface area contributed by atoms with E-state index in [9.17, 15) is 9.59 Å². The number of anilines is 1. The predicted molar refractivity (Wildman–Crippen MR) is 153 cm³/mol. The minimum absolute atomic E-state index is 0.0198. The minimum atomic E-state index is -0.946. The van der Waals surface area contributed by atoms with Crippen LogP contribution in [0.2, 0.25) is 0 Å². The van der Waals surface area contributed by atoms with Crippen LogP contribution in [-0.2, 0) is 28.0 Å². The zero-order valence-electron chi connectivity index (χ0n) is 22.3. The van der Waals surface area contributed by atoms with Crippen molar-refractivity contribution in [1.82, 2.24) is 10.3 Å². The van der Waals surface area contributed by atoms with Gasteiger partial charge in [0, 0.05) is 41.7 Å². The zero-order valence-corrected chi connectivity index (χ0v) is 23.1. The number of rotatable bonds is 11. The molecular weight excluding hydrogens is 533 g/mol. The maximum absolute atomic E-state index is 15.1. The lowest BCUT2D eigenvalue weighted by molar-refractivity contribution is -0.136. The van der Waals surface area contributed by atoms with Gasteiger partial charge in [-0.25, -0.2) is 9.37 Å². The summed E-state index contributed by atoms with van der Waals surface area (Å²) in [6.45, 7) is 10.3. The molecule has 10 heteroatoms. The fourth-order valence-corrected chi connectivity index (χ4v) is 5.14. The van der Waals surface area contributed by atoms with E-state index in [2.05, 4.69) is 28.8 Å². The number of thiazole rings is 1. The van der Waals surface area contributed by atoms with Crippen LogP contribution in [0.1, 0.15) is 35.6 Å². The van der Waals surface area contributed by atoms with Crippen LogP contribution in [0.3, 0.4) is 0 Å². The number of benzene rings is 2. The van der Waals surface area contributed by atoms with E-state index in [1.807, 2.05) is 13.0 Å². The average molecular weight is 564 g/mol. The lowest BCUT2D eigenvalue weighted by Crippen LogP contribution is -2.47. The molecule has 0 bridgehead atoms. The van der Waals surface area contributed by atoms with Crippen molar-refractivity contribution < 1.29 is 28.6 Å². The average Bonchev–Trinajstić information content (AvgIpc) is 3.41.